The van der Waals surface area contributed by atoms with Gasteiger partial charge in [0.15, 0.2) is 0 Å². The molecular formula is C16H31N3O. The lowest BCUT2D eigenvalue weighted by molar-refractivity contribution is 0.133. The average molecular weight is 281 g/mol. The minimum atomic E-state index is 0.184. The van der Waals surface area contributed by atoms with Gasteiger partial charge in [0, 0.05) is 19.1 Å². The highest BCUT2D eigenvalue weighted by molar-refractivity contribution is 5.74. The Labute approximate surface area is 123 Å². The standard InChI is InChI=1S/C16H31N3O/c1-2-3-10-18-16(20)19-13-6-4-5-7-15(19)14-8-11-17-12-9-14/h14-15,17H,2-13H2,1H3,(H,18,20). The molecule has 0 bridgehead atoms. The fourth-order valence-corrected chi connectivity index (χ4v) is 3.58. The lowest BCUT2D eigenvalue weighted by Crippen LogP contribution is -2.50. The van der Waals surface area contributed by atoms with Crippen molar-refractivity contribution in [2.24, 2.45) is 5.92 Å². The van der Waals surface area contributed by atoms with Crippen LogP contribution in [-0.2, 0) is 0 Å². The molecule has 0 spiro atoms. The molecule has 0 aromatic carbocycles. The van der Waals surface area contributed by atoms with Crippen molar-refractivity contribution in [1.29, 1.82) is 0 Å². The highest BCUT2D eigenvalue weighted by atomic mass is 16.2. The molecule has 2 N–H and O–H groups in total. The zero-order valence-corrected chi connectivity index (χ0v) is 13.0. The summed E-state index contributed by atoms with van der Waals surface area (Å²) in [4.78, 5) is 14.6. The number of carbonyl (C=O) groups excluding carboxylic acids is 1. The molecular weight excluding hydrogens is 250 g/mol. The Morgan fingerprint density at radius 1 is 1.20 bits per heavy atom. The van der Waals surface area contributed by atoms with Crippen LogP contribution in [0.1, 0.15) is 58.3 Å². The number of unbranched alkanes of at least 4 members (excludes halogenated alkanes) is 1. The lowest BCUT2D eigenvalue weighted by atomic mass is 9.87. The molecule has 0 aromatic rings. The van der Waals surface area contributed by atoms with Gasteiger partial charge in [0.25, 0.3) is 0 Å². The molecule has 2 rings (SSSR count). The molecule has 2 amide bonds. The van der Waals surface area contributed by atoms with Crippen LogP contribution in [0.4, 0.5) is 4.79 Å². The van der Waals surface area contributed by atoms with Crippen LogP contribution < -0.4 is 10.6 Å². The van der Waals surface area contributed by atoms with Crippen molar-refractivity contribution in [3.05, 3.63) is 0 Å². The van der Waals surface area contributed by atoms with Crippen molar-refractivity contribution in [3.8, 4) is 0 Å². The third-order valence-electron chi connectivity index (χ3n) is 4.79. The summed E-state index contributed by atoms with van der Waals surface area (Å²) in [6, 6.07) is 0.658. The number of likely N-dealkylation sites (tertiary alicyclic amines) is 1. The first-order chi connectivity index (χ1) is 9.83. The minimum absolute atomic E-state index is 0.184. The number of carbonyl (C=O) groups is 1. The number of nitrogens with zero attached hydrogens (tertiary/aromatic N) is 1. The van der Waals surface area contributed by atoms with Crippen LogP contribution in [0.2, 0.25) is 0 Å². The van der Waals surface area contributed by atoms with Gasteiger partial charge in [-0.05, 0) is 51.1 Å². The van der Waals surface area contributed by atoms with Gasteiger partial charge < -0.3 is 15.5 Å². The molecule has 2 heterocycles. The van der Waals surface area contributed by atoms with Crippen molar-refractivity contribution in [3.63, 3.8) is 0 Å². The Morgan fingerprint density at radius 3 is 2.75 bits per heavy atom. The van der Waals surface area contributed by atoms with Gasteiger partial charge in [-0.2, -0.15) is 0 Å². The summed E-state index contributed by atoms with van der Waals surface area (Å²) >= 11 is 0. The van der Waals surface area contributed by atoms with Crippen LogP contribution in [0.5, 0.6) is 0 Å². The molecule has 1 atom stereocenters. The maximum absolute atomic E-state index is 12.5. The predicted molar refractivity (Wildman–Crippen MR) is 82.9 cm³/mol. The minimum Gasteiger partial charge on any atom is -0.338 e. The van der Waals surface area contributed by atoms with Crippen molar-refractivity contribution in [2.45, 2.75) is 64.3 Å². The third-order valence-corrected chi connectivity index (χ3v) is 4.79. The van der Waals surface area contributed by atoms with E-state index >= 15 is 0 Å². The fourth-order valence-electron chi connectivity index (χ4n) is 3.58. The fraction of sp³-hybridized carbons (Fsp3) is 0.938. The molecule has 2 aliphatic rings. The Bertz CT molecular complexity index is 289. The number of amides is 2. The van der Waals surface area contributed by atoms with Crippen LogP contribution in [0.3, 0.4) is 0 Å². The summed E-state index contributed by atoms with van der Waals surface area (Å²) < 4.78 is 0. The largest absolute Gasteiger partial charge is 0.338 e. The maximum Gasteiger partial charge on any atom is 0.317 e. The van der Waals surface area contributed by atoms with Crippen LogP contribution in [-0.4, -0.2) is 43.2 Å². The number of piperidine rings is 1. The van der Waals surface area contributed by atoms with Gasteiger partial charge in [0.05, 0.1) is 0 Å². The molecule has 0 radical (unpaired) electrons. The first kappa shape index (κ1) is 15.6. The van der Waals surface area contributed by atoms with Crippen molar-refractivity contribution in [1.82, 2.24) is 15.5 Å². The van der Waals surface area contributed by atoms with E-state index in [0.717, 1.165) is 39.0 Å². The topological polar surface area (TPSA) is 44.4 Å². The molecule has 0 aromatic heterocycles. The van der Waals surface area contributed by atoms with E-state index in [9.17, 15) is 4.79 Å². The van der Waals surface area contributed by atoms with Crippen LogP contribution in [0.25, 0.3) is 0 Å². The summed E-state index contributed by atoms with van der Waals surface area (Å²) in [5.74, 6) is 0.700. The number of nitrogens with one attached hydrogen (secondary N) is 2. The van der Waals surface area contributed by atoms with Gasteiger partial charge in [-0.1, -0.05) is 26.2 Å². The van der Waals surface area contributed by atoms with Crippen molar-refractivity contribution in [2.75, 3.05) is 26.2 Å². The zero-order valence-electron chi connectivity index (χ0n) is 13.0. The van der Waals surface area contributed by atoms with E-state index in [1.165, 1.54) is 38.5 Å². The van der Waals surface area contributed by atoms with Gasteiger partial charge in [0.2, 0.25) is 0 Å². The van der Waals surface area contributed by atoms with E-state index < -0.39 is 0 Å². The second-order valence-electron chi connectivity index (χ2n) is 6.28. The summed E-state index contributed by atoms with van der Waals surface area (Å²) in [7, 11) is 0. The maximum atomic E-state index is 12.5. The molecule has 116 valence electrons. The molecule has 2 saturated heterocycles. The second kappa shape index (κ2) is 8.50. The van der Waals surface area contributed by atoms with E-state index in [-0.39, 0.29) is 6.03 Å². The van der Waals surface area contributed by atoms with E-state index in [4.69, 9.17) is 0 Å². The van der Waals surface area contributed by atoms with Gasteiger partial charge in [-0.15, -0.1) is 0 Å². The Balaban J connectivity index is 1.94. The quantitative estimate of drug-likeness (QED) is 0.778. The molecule has 0 saturated carbocycles. The van der Waals surface area contributed by atoms with Crippen LogP contribution in [0, 0.1) is 5.92 Å². The smallest absolute Gasteiger partial charge is 0.317 e. The number of hydrogen-bond acceptors (Lipinski definition) is 2. The Morgan fingerprint density at radius 2 is 2.00 bits per heavy atom. The average Bonchev–Trinajstić information content (AvgIpc) is 2.74. The molecule has 20 heavy (non-hydrogen) atoms. The molecule has 4 nitrogen and oxygen atoms in total. The first-order valence-corrected chi connectivity index (χ1v) is 8.58. The van der Waals surface area contributed by atoms with Gasteiger partial charge in [0.1, 0.15) is 0 Å². The van der Waals surface area contributed by atoms with E-state index in [1.807, 2.05) is 0 Å². The summed E-state index contributed by atoms with van der Waals surface area (Å²) in [5.41, 5.74) is 0. The predicted octanol–water partition coefficient (Wildman–Crippen LogP) is 2.74. The van der Waals surface area contributed by atoms with E-state index in [0.29, 0.717) is 12.0 Å². The molecule has 4 heteroatoms. The number of urea groups is 1. The first-order valence-electron chi connectivity index (χ1n) is 8.58. The van der Waals surface area contributed by atoms with Crippen molar-refractivity contribution < 1.29 is 4.79 Å². The van der Waals surface area contributed by atoms with E-state index in [1.54, 1.807) is 0 Å². The zero-order chi connectivity index (χ0) is 14.2. The normalized spacial score (nSPS) is 25.2. The number of hydrogen-bond donors (Lipinski definition) is 2. The second-order valence-corrected chi connectivity index (χ2v) is 6.28. The Kier molecular flexibility index (Phi) is 6.64. The number of rotatable bonds is 4. The monoisotopic (exact) mass is 281 g/mol. The summed E-state index contributed by atoms with van der Waals surface area (Å²) in [6.45, 7) is 6.17. The van der Waals surface area contributed by atoms with Crippen LogP contribution >= 0.6 is 0 Å². The Hall–Kier alpha value is -0.770. The van der Waals surface area contributed by atoms with Crippen molar-refractivity contribution >= 4 is 6.03 Å². The van der Waals surface area contributed by atoms with Gasteiger partial charge in [-0.25, -0.2) is 4.79 Å². The van der Waals surface area contributed by atoms with Gasteiger partial charge >= 0.3 is 6.03 Å². The van der Waals surface area contributed by atoms with Crippen LogP contribution in [0.15, 0.2) is 0 Å². The van der Waals surface area contributed by atoms with E-state index in [2.05, 4.69) is 22.5 Å². The lowest BCUT2D eigenvalue weighted by Gasteiger charge is -2.38. The van der Waals surface area contributed by atoms with Gasteiger partial charge in [-0.3, -0.25) is 0 Å². The molecule has 0 aliphatic carbocycles. The SMILES string of the molecule is CCCCNC(=O)N1CCCCCC1C1CCNCC1. The molecule has 2 aliphatic heterocycles. The summed E-state index contributed by atoms with van der Waals surface area (Å²) in [5, 5.41) is 6.56. The molecule has 2 fully saturated rings. The highest BCUT2D eigenvalue weighted by Gasteiger charge is 2.32. The highest BCUT2D eigenvalue weighted by Crippen LogP contribution is 2.28. The third kappa shape index (κ3) is 4.37. The summed E-state index contributed by atoms with van der Waals surface area (Å²) in [6.07, 6.45) is 9.60. The molecule has 1 unspecified atom stereocenters.